The van der Waals surface area contributed by atoms with Crippen molar-refractivity contribution in [2.45, 2.75) is 44.7 Å². The second kappa shape index (κ2) is 15.4. The van der Waals surface area contributed by atoms with Crippen molar-refractivity contribution >= 4 is 40.0 Å². The van der Waals surface area contributed by atoms with Crippen molar-refractivity contribution < 1.29 is 27.8 Å². The average molecular weight is 710 g/mol. The van der Waals surface area contributed by atoms with E-state index in [0.29, 0.717) is 60.6 Å². The lowest BCUT2D eigenvalue weighted by molar-refractivity contribution is -0.130. The second-order valence-corrected chi connectivity index (χ2v) is 13.3. The SMILES string of the molecule is COc1ccc(Cn2nc(NC3CCN(C)CC3)c3c(Oc4ccc(NC(=O)C5CCCCN(c6ccc(F)cc6)C5=O)cc4F)ccnc32)cc1. The molecule has 0 radical (unpaired) electrons. The maximum Gasteiger partial charge on any atom is 0.239 e. The Bertz CT molecular complexity index is 2050. The van der Waals surface area contributed by atoms with Crippen LogP contribution in [-0.4, -0.2) is 71.3 Å². The van der Waals surface area contributed by atoms with Crippen LogP contribution in [0.1, 0.15) is 37.7 Å². The molecular weight excluding hydrogens is 668 g/mol. The van der Waals surface area contributed by atoms with Crippen molar-refractivity contribution in [2.24, 2.45) is 5.92 Å². The molecule has 3 aromatic carbocycles. The Morgan fingerprint density at radius 2 is 1.69 bits per heavy atom. The van der Waals surface area contributed by atoms with Crippen LogP contribution in [0.25, 0.3) is 11.0 Å². The monoisotopic (exact) mass is 709 g/mol. The molecular formula is C39H41F2N7O4. The predicted octanol–water partition coefficient (Wildman–Crippen LogP) is 6.84. The Balaban J connectivity index is 1.12. The van der Waals surface area contributed by atoms with Gasteiger partial charge in [-0.2, -0.15) is 5.10 Å². The lowest BCUT2D eigenvalue weighted by atomic mass is 10.0. The van der Waals surface area contributed by atoms with Gasteiger partial charge in [0.15, 0.2) is 23.0 Å². The van der Waals surface area contributed by atoms with Gasteiger partial charge in [0.05, 0.1) is 13.7 Å². The highest BCUT2D eigenvalue weighted by molar-refractivity contribution is 6.11. The smallest absolute Gasteiger partial charge is 0.239 e. The first-order valence-electron chi connectivity index (χ1n) is 17.5. The fourth-order valence-electron chi connectivity index (χ4n) is 6.79. The van der Waals surface area contributed by atoms with Crippen molar-refractivity contribution in [1.82, 2.24) is 19.7 Å². The molecule has 0 spiro atoms. The molecule has 1 atom stereocenters. The van der Waals surface area contributed by atoms with E-state index in [1.807, 2.05) is 28.9 Å². The minimum absolute atomic E-state index is 0.0494. The van der Waals surface area contributed by atoms with E-state index in [4.69, 9.17) is 14.6 Å². The predicted molar refractivity (Wildman–Crippen MR) is 195 cm³/mol. The van der Waals surface area contributed by atoms with E-state index in [9.17, 15) is 14.0 Å². The van der Waals surface area contributed by atoms with Gasteiger partial charge >= 0.3 is 0 Å². The number of ether oxygens (including phenoxy) is 2. The minimum Gasteiger partial charge on any atom is -0.497 e. The summed E-state index contributed by atoms with van der Waals surface area (Å²) in [5.74, 6) is -1.29. The molecule has 11 nitrogen and oxygen atoms in total. The standard InChI is InChI=1S/C39H41F2N7O4/c1-46-21-17-27(18-22-46)43-36-35-34(16-19-42-37(35)48(45-36)24-25-6-13-30(51-2)14-7-25)52-33-15-10-28(23-32(33)41)44-38(49)31-5-3-4-20-47(39(31)50)29-11-8-26(40)9-12-29/h6-16,19,23,27,31H,3-5,17-18,20-22,24H2,1-2H3,(H,43,45)(H,44,49). The molecule has 52 heavy (non-hydrogen) atoms. The van der Waals surface area contributed by atoms with Gasteiger partial charge in [-0.25, -0.2) is 18.4 Å². The summed E-state index contributed by atoms with van der Waals surface area (Å²) in [6.45, 7) is 2.78. The highest BCUT2D eigenvalue weighted by atomic mass is 19.1. The van der Waals surface area contributed by atoms with E-state index >= 15 is 4.39 Å². The van der Waals surface area contributed by atoms with E-state index in [1.54, 1.807) is 25.4 Å². The van der Waals surface area contributed by atoms with Gasteiger partial charge in [-0.05, 0) is 99.9 Å². The number of pyridine rings is 1. The minimum atomic E-state index is -0.971. The van der Waals surface area contributed by atoms with Crippen LogP contribution in [-0.2, 0) is 16.1 Å². The Kier molecular flexibility index (Phi) is 10.3. The number of benzene rings is 3. The van der Waals surface area contributed by atoms with Crippen LogP contribution < -0.4 is 25.0 Å². The molecule has 2 N–H and O–H groups in total. The molecule has 4 heterocycles. The molecule has 5 aromatic rings. The third-order valence-electron chi connectivity index (χ3n) is 9.71. The van der Waals surface area contributed by atoms with E-state index in [0.717, 1.165) is 37.2 Å². The molecule has 2 saturated heterocycles. The summed E-state index contributed by atoms with van der Waals surface area (Å²) in [5, 5.41) is 11.9. The summed E-state index contributed by atoms with van der Waals surface area (Å²) in [6, 6.07) is 19.4. The van der Waals surface area contributed by atoms with Crippen LogP contribution in [0, 0.1) is 17.6 Å². The Hall–Kier alpha value is -5.56. The van der Waals surface area contributed by atoms with E-state index in [2.05, 4.69) is 27.6 Å². The molecule has 2 amide bonds. The number of nitrogens with zero attached hydrogens (tertiary/aromatic N) is 5. The molecule has 1 unspecified atom stereocenters. The maximum atomic E-state index is 15.7. The topological polar surface area (TPSA) is 114 Å². The number of halogens is 2. The van der Waals surface area contributed by atoms with Gasteiger partial charge in [0.25, 0.3) is 0 Å². The summed E-state index contributed by atoms with van der Waals surface area (Å²) < 4.78 is 42.6. The first-order chi connectivity index (χ1) is 25.2. The zero-order valence-electron chi connectivity index (χ0n) is 29.1. The van der Waals surface area contributed by atoms with E-state index in [-0.39, 0.29) is 23.4 Å². The van der Waals surface area contributed by atoms with Gasteiger partial charge < -0.3 is 29.9 Å². The van der Waals surface area contributed by atoms with Crippen LogP contribution >= 0.6 is 0 Å². The largest absolute Gasteiger partial charge is 0.497 e. The molecule has 270 valence electrons. The molecule has 2 aromatic heterocycles. The number of carbonyl (C=O) groups excluding carboxylic acids is 2. The number of nitrogens with one attached hydrogen (secondary N) is 2. The van der Waals surface area contributed by atoms with Gasteiger partial charge in [0.1, 0.15) is 28.6 Å². The number of methoxy groups -OCH3 is 1. The number of rotatable bonds is 10. The Morgan fingerprint density at radius 3 is 2.42 bits per heavy atom. The number of amides is 2. The van der Waals surface area contributed by atoms with Crippen molar-refractivity contribution in [3.05, 3.63) is 96.2 Å². The zero-order valence-corrected chi connectivity index (χ0v) is 29.1. The molecule has 0 bridgehead atoms. The van der Waals surface area contributed by atoms with Crippen molar-refractivity contribution in [1.29, 1.82) is 0 Å². The van der Waals surface area contributed by atoms with Crippen molar-refractivity contribution in [2.75, 3.05) is 49.3 Å². The number of piperidine rings is 1. The number of hydrogen-bond acceptors (Lipinski definition) is 8. The van der Waals surface area contributed by atoms with Crippen molar-refractivity contribution in [3.63, 3.8) is 0 Å². The lowest BCUT2D eigenvalue weighted by Crippen LogP contribution is -2.40. The van der Waals surface area contributed by atoms with E-state index in [1.165, 1.54) is 41.3 Å². The Labute approximate surface area is 300 Å². The number of likely N-dealkylation sites (tertiary alicyclic amines) is 1. The van der Waals surface area contributed by atoms with Crippen LogP contribution in [0.4, 0.5) is 26.0 Å². The van der Waals surface area contributed by atoms with E-state index < -0.39 is 23.5 Å². The average Bonchev–Trinajstić information content (AvgIpc) is 3.36. The molecule has 2 aliphatic rings. The summed E-state index contributed by atoms with van der Waals surface area (Å²) in [5.41, 5.74) is 2.30. The van der Waals surface area contributed by atoms with Gasteiger partial charge in [0.2, 0.25) is 11.8 Å². The molecule has 7 rings (SSSR count). The third kappa shape index (κ3) is 7.69. The first-order valence-corrected chi connectivity index (χ1v) is 17.5. The number of fused-ring (bicyclic) bond motifs is 1. The van der Waals surface area contributed by atoms with Crippen LogP contribution in [0.3, 0.4) is 0 Å². The quantitative estimate of drug-likeness (QED) is 0.152. The highest BCUT2D eigenvalue weighted by Gasteiger charge is 2.33. The molecule has 13 heteroatoms. The highest BCUT2D eigenvalue weighted by Crippen LogP contribution is 2.37. The zero-order chi connectivity index (χ0) is 36.2. The van der Waals surface area contributed by atoms with Crippen molar-refractivity contribution in [3.8, 4) is 17.2 Å². The summed E-state index contributed by atoms with van der Waals surface area (Å²) >= 11 is 0. The fourth-order valence-corrected chi connectivity index (χ4v) is 6.79. The first kappa shape index (κ1) is 34.9. The van der Waals surface area contributed by atoms with Gasteiger partial charge in [0, 0.05) is 42.3 Å². The fraction of sp³-hybridized carbons (Fsp3) is 0.333. The third-order valence-corrected chi connectivity index (χ3v) is 9.71. The van der Waals surface area contributed by atoms with Crippen LogP contribution in [0.15, 0.2) is 79.0 Å². The second-order valence-electron chi connectivity index (χ2n) is 13.3. The lowest BCUT2D eigenvalue weighted by Gasteiger charge is -2.29. The summed E-state index contributed by atoms with van der Waals surface area (Å²) in [4.78, 5) is 35.3. The maximum absolute atomic E-state index is 15.7. The summed E-state index contributed by atoms with van der Waals surface area (Å²) in [6.07, 6.45) is 5.20. The molecule has 0 aliphatic carbocycles. The van der Waals surface area contributed by atoms with Gasteiger partial charge in [-0.15, -0.1) is 0 Å². The number of hydrogen-bond donors (Lipinski definition) is 2. The molecule has 2 fully saturated rings. The molecule has 0 saturated carbocycles. The Morgan fingerprint density at radius 1 is 0.923 bits per heavy atom. The van der Waals surface area contributed by atoms with Gasteiger partial charge in [-0.3, -0.25) is 9.59 Å². The number of anilines is 3. The van der Waals surface area contributed by atoms with Crippen LogP contribution in [0.5, 0.6) is 17.2 Å². The normalized spacial score (nSPS) is 17.2. The number of aromatic nitrogens is 3. The molecule has 2 aliphatic heterocycles. The number of carbonyl (C=O) groups is 2. The summed E-state index contributed by atoms with van der Waals surface area (Å²) in [7, 11) is 3.73. The van der Waals surface area contributed by atoms with Crippen LogP contribution in [0.2, 0.25) is 0 Å². The van der Waals surface area contributed by atoms with Gasteiger partial charge in [-0.1, -0.05) is 18.6 Å².